The summed E-state index contributed by atoms with van der Waals surface area (Å²) in [4.78, 5) is 13.7. The Kier molecular flexibility index (Phi) is 3.25. The van der Waals surface area contributed by atoms with Crippen molar-refractivity contribution in [2.45, 2.75) is 6.92 Å². The molecule has 3 nitrogen and oxygen atoms in total. The minimum atomic E-state index is -0.315. The largest absolute Gasteiger partial charge is 0.449 e. The van der Waals surface area contributed by atoms with E-state index >= 15 is 0 Å². The molecule has 0 spiro atoms. The Morgan fingerprint density at radius 2 is 1.35 bits per heavy atom. The van der Waals surface area contributed by atoms with Gasteiger partial charge in [0.1, 0.15) is 0 Å². The summed E-state index contributed by atoms with van der Waals surface area (Å²) in [7, 11) is 0. The number of nitrogens with zero attached hydrogens (tertiary/aromatic N) is 1. The van der Waals surface area contributed by atoms with Gasteiger partial charge in [0.2, 0.25) is 0 Å². The zero-order valence-corrected chi connectivity index (χ0v) is 11.2. The standard InChI is InChI=1S/C17H15NO2/c1-2-20-17(19)18-15(13-9-5-3-6-10-13)16(18)14-11-7-4-8-12-14/h3-12H,2H2,1H3. The van der Waals surface area contributed by atoms with Gasteiger partial charge in [-0.2, -0.15) is 0 Å². The van der Waals surface area contributed by atoms with Crippen molar-refractivity contribution < 1.29 is 9.53 Å². The second-order valence-corrected chi connectivity index (χ2v) is 4.46. The molecule has 0 bridgehead atoms. The molecular formula is C17H15NO2. The maximum absolute atomic E-state index is 12.0. The summed E-state index contributed by atoms with van der Waals surface area (Å²) in [5, 5.41) is 0. The molecular weight excluding hydrogens is 250 g/mol. The molecule has 0 saturated carbocycles. The maximum atomic E-state index is 12.0. The molecule has 2 aromatic carbocycles. The first-order valence-electron chi connectivity index (χ1n) is 6.65. The van der Waals surface area contributed by atoms with E-state index in [1.807, 2.05) is 67.6 Å². The minimum Gasteiger partial charge on any atom is -0.449 e. The topological polar surface area (TPSA) is 29.3 Å². The summed E-state index contributed by atoms with van der Waals surface area (Å²) < 4.78 is 5.11. The van der Waals surface area contributed by atoms with Crippen LogP contribution in [0, 0.1) is 0 Å². The van der Waals surface area contributed by atoms with E-state index in [0.717, 1.165) is 22.5 Å². The van der Waals surface area contributed by atoms with Gasteiger partial charge in [0, 0.05) is 11.1 Å². The van der Waals surface area contributed by atoms with Gasteiger partial charge < -0.3 is 4.74 Å². The lowest BCUT2D eigenvalue weighted by atomic mass is 10.1. The molecule has 1 aliphatic heterocycles. The number of hydrogen-bond donors (Lipinski definition) is 0. The van der Waals surface area contributed by atoms with E-state index in [4.69, 9.17) is 4.74 Å². The summed E-state index contributed by atoms with van der Waals surface area (Å²) in [6.45, 7) is 2.19. The fourth-order valence-corrected chi connectivity index (χ4v) is 2.26. The number of ether oxygens (including phenoxy) is 1. The van der Waals surface area contributed by atoms with Gasteiger partial charge in [0.05, 0.1) is 18.0 Å². The van der Waals surface area contributed by atoms with E-state index in [0.29, 0.717) is 6.61 Å². The lowest BCUT2D eigenvalue weighted by molar-refractivity contribution is 0.142. The average molecular weight is 265 g/mol. The van der Waals surface area contributed by atoms with Crippen LogP contribution in [0.25, 0.3) is 11.4 Å². The highest BCUT2D eigenvalue weighted by Gasteiger charge is 2.41. The van der Waals surface area contributed by atoms with Crippen LogP contribution < -0.4 is 0 Å². The Hall–Kier alpha value is -2.55. The van der Waals surface area contributed by atoms with Crippen LogP contribution in [0.15, 0.2) is 60.7 Å². The minimum absolute atomic E-state index is 0.315. The van der Waals surface area contributed by atoms with Crippen molar-refractivity contribution in [1.29, 1.82) is 0 Å². The van der Waals surface area contributed by atoms with Crippen LogP contribution in [0.4, 0.5) is 4.79 Å². The number of amides is 1. The van der Waals surface area contributed by atoms with Gasteiger partial charge in [0.25, 0.3) is 0 Å². The summed E-state index contributed by atoms with van der Waals surface area (Å²) in [5.41, 5.74) is 3.91. The molecule has 0 radical (unpaired) electrons. The van der Waals surface area contributed by atoms with E-state index in [1.54, 1.807) is 4.90 Å². The number of hydrogen-bond acceptors (Lipinski definition) is 2. The van der Waals surface area contributed by atoms with Crippen molar-refractivity contribution in [3.8, 4) is 0 Å². The zero-order chi connectivity index (χ0) is 13.9. The van der Waals surface area contributed by atoms with Crippen LogP contribution >= 0.6 is 0 Å². The van der Waals surface area contributed by atoms with Crippen LogP contribution in [0.3, 0.4) is 0 Å². The number of rotatable bonds is 3. The van der Waals surface area contributed by atoms with Gasteiger partial charge in [-0.25, -0.2) is 9.69 Å². The smallest absolute Gasteiger partial charge is 0.419 e. The van der Waals surface area contributed by atoms with E-state index in [2.05, 4.69) is 0 Å². The highest BCUT2D eigenvalue weighted by atomic mass is 16.6. The van der Waals surface area contributed by atoms with Crippen LogP contribution in [-0.4, -0.2) is 17.6 Å². The first kappa shape index (κ1) is 12.5. The third-order valence-electron chi connectivity index (χ3n) is 3.17. The fourth-order valence-electron chi connectivity index (χ4n) is 2.26. The van der Waals surface area contributed by atoms with Gasteiger partial charge in [0.15, 0.2) is 0 Å². The third-order valence-corrected chi connectivity index (χ3v) is 3.17. The molecule has 2 aromatic rings. The number of carbonyl (C=O) groups excluding carboxylic acids is 1. The third kappa shape index (κ3) is 2.18. The Morgan fingerprint density at radius 3 is 1.75 bits per heavy atom. The summed E-state index contributed by atoms with van der Waals surface area (Å²) in [5.74, 6) is 0. The molecule has 20 heavy (non-hydrogen) atoms. The second kappa shape index (κ2) is 5.21. The van der Waals surface area contributed by atoms with Gasteiger partial charge in [-0.15, -0.1) is 0 Å². The van der Waals surface area contributed by atoms with Gasteiger partial charge in [-0.05, 0) is 6.92 Å². The SMILES string of the molecule is CCOC(=O)N1C(c2ccccc2)=C1c1ccccc1. The average Bonchev–Trinajstić information content (AvgIpc) is 3.25. The molecule has 0 atom stereocenters. The predicted octanol–water partition coefficient (Wildman–Crippen LogP) is 3.98. The lowest BCUT2D eigenvalue weighted by Gasteiger charge is -2.06. The highest BCUT2D eigenvalue weighted by Crippen LogP contribution is 2.47. The Morgan fingerprint density at radius 1 is 0.900 bits per heavy atom. The molecule has 0 saturated heterocycles. The van der Waals surface area contributed by atoms with Crippen molar-refractivity contribution in [3.05, 3.63) is 71.8 Å². The lowest BCUT2D eigenvalue weighted by Crippen LogP contribution is -2.15. The van der Waals surface area contributed by atoms with Crippen molar-refractivity contribution in [3.63, 3.8) is 0 Å². The van der Waals surface area contributed by atoms with Crippen LogP contribution in [0.2, 0.25) is 0 Å². The molecule has 3 heteroatoms. The Balaban J connectivity index is 1.98. The summed E-state index contributed by atoms with van der Waals surface area (Å²) in [6.07, 6.45) is -0.315. The summed E-state index contributed by atoms with van der Waals surface area (Å²) in [6, 6.07) is 19.8. The molecule has 3 rings (SSSR count). The van der Waals surface area contributed by atoms with Crippen LogP contribution in [-0.2, 0) is 4.74 Å². The molecule has 1 amide bonds. The molecule has 0 N–H and O–H groups in total. The van der Waals surface area contributed by atoms with E-state index in [9.17, 15) is 4.79 Å². The van der Waals surface area contributed by atoms with E-state index in [-0.39, 0.29) is 6.09 Å². The van der Waals surface area contributed by atoms with E-state index in [1.165, 1.54) is 0 Å². The zero-order valence-electron chi connectivity index (χ0n) is 11.2. The van der Waals surface area contributed by atoms with Crippen molar-refractivity contribution in [2.24, 2.45) is 0 Å². The van der Waals surface area contributed by atoms with Gasteiger partial charge in [-0.1, -0.05) is 60.7 Å². The molecule has 0 unspecified atom stereocenters. The van der Waals surface area contributed by atoms with Crippen LogP contribution in [0.1, 0.15) is 18.1 Å². The molecule has 0 fully saturated rings. The van der Waals surface area contributed by atoms with Gasteiger partial charge in [-0.3, -0.25) is 0 Å². The molecule has 0 aliphatic carbocycles. The maximum Gasteiger partial charge on any atom is 0.419 e. The monoisotopic (exact) mass is 265 g/mol. The molecule has 1 aliphatic rings. The van der Waals surface area contributed by atoms with Crippen molar-refractivity contribution >= 4 is 17.5 Å². The molecule has 100 valence electrons. The second-order valence-electron chi connectivity index (χ2n) is 4.46. The van der Waals surface area contributed by atoms with Crippen molar-refractivity contribution in [2.75, 3.05) is 6.61 Å². The quantitative estimate of drug-likeness (QED) is 0.839. The highest BCUT2D eigenvalue weighted by molar-refractivity contribution is 6.14. The molecule has 0 aromatic heterocycles. The predicted molar refractivity (Wildman–Crippen MR) is 78.6 cm³/mol. The normalized spacial score (nSPS) is 13.3. The number of carbonyl (C=O) groups is 1. The summed E-state index contributed by atoms with van der Waals surface area (Å²) >= 11 is 0. The first-order valence-corrected chi connectivity index (χ1v) is 6.65. The Bertz CT molecular complexity index is 598. The Labute approximate surface area is 118 Å². The molecule has 1 heterocycles. The van der Waals surface area contributed by atoms with E-state index < -0.39 is 0 Å². The first-order chi connectivity index (χ1) is 9.83. The fraction of sp³-hybridized carbons (Fsp3) is 0.118. The van der Waals surface area contributed by atoms with Crippen molar-refractivity contribution in [1.82, 2.24) is 4.90 Å². The number of benzene rings is 2. The van der Waals surface area contributed by atoms with Crippen LogP contribution in [0.5, 0.6) is 0 Å². The van der Waals surface area contributed by atoms with Gasteiger partial charge >= 0.3 is 6.09 Å².